The summed E-state index contributed by atoms with van der Waals surface area (Å²) in [6.07, 6.45) is 1.93. The average molecular weight is 995 g/mol. The molecule has 0 fully saturated rings. The summed E-state index contributed by atoms with van der Waals surface area (Å²) in [4.78, 5) is 10.2. The minimum absolute atomic E-state index is 0. The molecule has 5 nitrogen and oxygen atoms in total. The normalized spacial score (nSPS) is 12.5. The standard InChI is InChI=1S/C57H42N4O.Pt/c1-40(2)60-53-31-16-17-32-54(53)61(62-60)47-26-18-25-45(38-47)57(43-21-8-4-9-22-43,44-23-10-5-11-24-44)46-33-34-51-50-29-14-15-30-52(50)59(55(51)39-46)56-37-42(35-36-58-56)49-28-13-12-27-48(49)41-19-6-3-7-20-41;/h3-37,40H,1-2H3;/q-2;/p+1. The number of nitrogens with zero attached hydrogens (tertiary/aromatic N) is 4. The molecule has 11 rings (SSSR count). The fourth-order valence-corrected chi connectivity index (χ4v) is 9.36. The van der Waals surface area contributed by atoms with E-state index in [2.05, 4.69) is 242 Å². The Morgan fingerprint density at radius 1 is 0.524 bits per heavy atom. The van der Waals surface area contributed by atoms with Gasteiger partial charge in [-0.15, -0.1) is 38.8 Å². The summed E-state index contributed by atoms with van der Waals surface area (Å²) in [6.45, 7) is 4.33. The number of para-hydroxylation sites is 3. The molecule has 3 heterocycles. The van der Waals surface area contributed by atoms with E-state index >= 15 is 0 Å². The molecular weight excluding hydrogens is 952 g/mol. The van der Waals surface area contributed by atoms with Crippen molar-refractivity contribution in [3.05, 3.63) is 247 Å². The van der Waals surface area contributed by atoms with Crippen LogP contribution in [0.3, 0.4) is 0 Å². The third-order valence-electron chi connectivity index (χ3n) is 12.1. The van der Waals surface area contributed by atoms with E-state index < -0.39 is 5.41 Å². The molecule has 0 atom stereocenters. The van der Waals surface area contributed by atoms with E-state index in [4.69, 9.17) is 9.92 Å². The van der Waals surface area contributed by atoms with Crippen LogP contribution in [0.25, 0.3) is 49.9 Å². The maximum atomic E-state index is 5.15. The van der Waals surface area contributed by atoms with Gasteiger partial charge in [0, 0.05) is 43.9 Å². The molecule has 63 heavy (non-hydrogen) atoms. The van der Waals surface area contributed by atoms with Crippen molar-refractivity contribution < 1.29 is 26.0 Å². The molecule has 308 valence electrons. The van der Waals surface area contributed by atoms with E-state index in [1.165, 1.54) is 11.1 Å². The number of aromatic nitrogens is 2. The van der Waals surface area contributed by atoms with Gasteiger partial charge >= 0.3 is 0 Å². The number of hydroxylamine groups is 1. The number of pyridine rings is 1. The van der Waals surface area contributed by atoms with Crippen molar-refractivity contribution in [2.24, 2.45) is 0 Å². The molecule has 1 aliphatic rings. The van der Waals surface area contributed by atoms with Crippen molar-refractivity contribution >= 4 is 38.9 Å². The molecule has 10 aromatic rings. The molecule has 0 saturated carbocycles. The van der Waals surface area contributed by atoms with Gasteiger partial charge in [0.05, 0.1) is 6.04 Å². The topological polar surface area (TPSA) is 37.1 Å². The molecule has 0 unspecified atom stereocenters. The first-order valence-corrected chi connectivity index (χ1v) is 21.2. The summed E-state index contributed by atoms with van der Waals surface area (Å²) < 4.78 is 2.28. The zero-order valence-electron chi connectivity index (χ0n) is 34.8. The quantitative estimate of drug-likeness (QED) is 0.0821. The van der Waals surface area contributed by atoms with Crippen LogP contribution in [0, 0.1) is 12.1 Å². The van der Waals surface area contributed by atoms with Crippen LogP contribution in [0.2, 0.25) is 0 Å². The summed E-state index contributed by atoms with van der Waals surface area (Å²) in [6, 6.07) is 81.3. The Balaban J connectivity index is 0.00000471. The van der Waals surface area contributed by atoms with Crippen LogP contribution in [-0.2, 0) is 26.5 Å². The van der Waals surface area contributed by atoms with Crippen LogP contribution in [0.1, 0.15) is 36.1 Å². The molecule has 2 aromatic heterocycles. The van der Waals surface area contributed by atoms with Crippen molar-refractivity contribution in [2.75, 3.05) is 10.1 Å². The Kier molecular flexibility index (Phi) is 10.6. The molecule has 0 saturated heterocycles. The maximum absolute atomic E-state index is 5.15. The second-order valence-electron chi connectivity index (χ2n) is 16.1. The summed E-state index contributed by atoms with van der Waals surface area (Å²) in [5.41, 5.74) is 13.0. The smallest absolute Gasteiger partial charge is 0.145 e. The van der Waals surface area contributed by atoms with Crippen molar-refractivity contribution in [3.63, 3.8) is 0 Å². The number of hydrogen-bond acceptors (Lipinski definition) is 3. The Hall–Kier alpha value is -7.04. The van der Waals surface area contributed by atoms with Crippen molar-refractivity contribution in [1.29, 1.82) is 0 Å². The minimum atomic E-state index is -0.825. The Labute approximate surface area is 382 Å². The predicted molar refractivity (Wildman–Crippen MR) is 253 cm³/mol. The zero-order valence-corrected chi connectivity index (χ0v) is 37.1. The van der Waals surface area contributed by atoms with Gasteiger partial charge in [-0.05, 0) is 82.9 Å². The van der Waals surface area contributed by atoms with Gasteiger partial charge in [-0.3, -0.25) is 0 Å². The van der Waals surface area contributed by atoms with Gasteiger partial charge in [-0.1, -0.05) is 151 Å². The predicted octanol–water partition coefficient (Wildman–Crippen LogP) is 13.7. The third-order valence-corrected chi connectivity index (χ3v) is 12.1. The van der Waals surface area contributed by atoms with E-state index in [0.717, 1.165) is 78.1 Å². The second kappa shape index (κ2) is 16.7. The first-order chi connectivity index (χ1) is 30.6. The van der Waals surface area contributed by atoms with Gasteiger partial charge in [0.25, 0.3) is 0 Å². The largest absolute Gasteiger partial charge is 0.319 e. The summed E-state index contributed by atoms with van der Waals surface area (Å²) in [5.74, 6) is 0.826. The molecule has 8 aromatic carbocycles. The molecular formula is C57H43N4OPt-. The van der Waals surface area contributed by atoms with Crippen molar-refractivity contribution in [2.45, 2.75) is 25.3 Å². The maximum Gasteiger partial charge on any atom is 0.145 e. The van der Waals surface area contributed by atoms with Crippen molar-refractivity contribution in [1.82, 2.24) is 9.55 Å². The molecule has 1 N–H and O–H groups in total. The van der Waals surface area contributed by atoms with E-state index in [1.54, 1.807) is 0 Å². The van der Waals surface area contributed by atoms with Gasteiger partial charge in [0.2, 0.25) is 0 Å². The fourth-order valence-electron chi connectivity index (χ4n) is 9.36. The molecule has 0 amide bonds. The molecule has 0 aliphatic carbocycles. The monoisotopic (exact) mass is 994 g/mol. The van der Waals surface area contributed by atoms with Crippen LogP contribution < -0.4 is 10.1 Å². The van der Waals surface area contributed by atoms with Crippen LogP contribution in [0.4, 0.5) is 17.1 Å². The van der Waals surface area contributed by atoms with E-state index in [0.29, 0.717) is 0 Å². The SMILES string of the molecule is CC(C)N1[OH+]N(c2[c-]c(C(c3[c-]c4c(cc3)c3ccccc3n4-c3cc(-c4ccccc4-c4ccccc4)ccn3)(c3ccccc3)c3ccccc3)ccc2)c2ccccc21.[Pt]. The first kappa shape index (κ1) is 40.1. The summed E-state index contributed by atoms with van der Waals surface area (Å²) >= 11 is 0. The molecule has 0 bridgehead atoms. The van der Waals surface area contributed by atoms with Gasteiger partial charge in [0.1, 0.15) is 17.2 Å². The van der Waals surface area contributed by atoms with Gasteiger partial charge in [-0.2, -0.15) is 35.3 Å². The zero-order chi connectivity index (χ0) is 41.6. The first-order valence-electron chi connectivity index (χ1n) is 21.2. The number of rotatable bonds is 9. The Morgan fingerprint density at radius 2 is 1.13 bits per heavy atom. The van der Waals surface area contributed by atoms with E-state index in [9.17, 15) is 0 Å². The van der Waals surface area contributed by atoms with Gasteiger partial charge in [-0.25, -0.2) is 4.98 Å². The molecule has 6 heteroatoms. The van der Waals surface area contributed by atoms with Crippen LogP contribution >= 0.6 is 0 Å². The summed E-state index contributed by atoms with van der Waals surface area (Å²) in [5, 5.41) is 6.36. The molecule has 1 aliphatic heterocycles. The summed E-state index contributed by atoms with van der Waals surface area (Å²) in [7, 11) is 0. The molecule has 0 radical (unpaired) electrons. The number of hydrogen-bond donors (Lipinski definition) is 0. The number of anilines is 3. The van der Waals surface area contributed by atoms with Crippen LogP contribution in [0.15, 0.2) is 212 Å². The van der Waals surface area contributed by atoms with Gasteiger partial charge < -0.3 is 4.57 Å². The Bertz CT molecular complexity index is 3180. The fraction of sp³-hybridized carbons (Fsp3) is 0.0702. The Morgan fingerprint density at radius 3 is 1.84 bits per heavy atom. The number of fused-ring (bicyclic) bond motifs is 4. The van der Waals surface area contributed by atoms with E-state index in [-0.39, 0.29) is 27.1 Å². The van der Waals surface area contributed by atoms with Crippen LogP contribution in [0.5, 0.6) is 0 Å². The van der Waals surface area contributed by atoms with Crippen LogP contribution in [-0.4, -0.2) is 20.5 Å². The average Bonchev–Trinajstić information content (AvgIpc) is 3.90. The minimum Gasteiger partial charge on any atom is -0.319 e. The van der Waals surface area contributed by atoms with Gasteiger partial charge in [0.15, 0.2) is 0 Å². The number of benzene rings is 8. The van der Waals surface area contributed by atoms with Crippen molar-refractivity contribution in [3.8, 4) is 28.1 Å². The van der Waals surface area contributed by atoms with E-state index in [1.807, 2.05) is 11.3 Å². The second-order valence-corrected chi connectivity index (χ2v) is 16.1. The molecule has 0 spiro atoms. The third kappa shape index (κ3) is 6.76.